The van der Waals surface area contributed by atoms with E-state index in [4.69, 9.17) is 0 Å². The van der Waals surface area contributed by atoms with Crippen molar-refractivity contribution in [2.75, 3.05) is 32.0 Å². The number of aliphatic hydroxyl groups excluding tert-OH is 1. The van der Waals surface area contributed by atoms with Crippen LogP contribution in [-0.2, 0) is 23.0 Å². The summed E-state index contributed by atoms with van der Waals surface area (Å²) in [6, 6.07) is 11.8. The molecule has 0 fully saturated rings. The third-order valence-electron chi connectivity index (χ3n) is 4.95. The lowest BCUT2D eigenvalue weighted by molar-refractivity contribution is -0.384. The Labute approximate surface area is 169 Å². The van der Waals surface area contributed by atoms with Crippen LogP contribution in [0.2, 0.25) is 0 Å². The smallest absolute Gasteiger partial charge is 0.293 e. The van der Waals surface area contributed by atoms with Crippen molar-refractivity contribution in [3.05, 3.63) is 63.7 Å². The first-order valence-corrected chi connectivity index (χ1v) is 10.7. The number of aliphatic hydroxyl groups is 1. The van der Waals surface area contributed by atoms with E-state index >= 15 is 0 Å². The van der Waals surface area contributed by atoms with E-state index in [-0.39, 0.29) is 22.8 Å². The molecule has 1 heterocycles. The highest BCUT2D eigenvalue weighted by atomic mass is 32.2. The first-order chi connectivity index (χ1) is 13.8. The van der Waals surface area contributed by atoms with Crippen LogP contribution in [0.1, 0.15) is 11.1 Å². The van der Waals surface area contributed by atoms with Gasteiger partial charge >= 0.3 is 0 Å². The molecule has 0 aromatic heterocycles. The number of anilines is 1. The van der Waals surface area contributed by atoms with Gasteiger partial charge in [-0.15, -0.1) is 0 Å². The molecule has 1 unspecified atom stereocenters. The van der Waals surface area contributed by atoms with Crippen LogP contribution in [-0.4, -0.2) is 56.1 Å². The van der Waals surface area contributed by atoms with Gasteiger partial charge in [-0.05, 0) is 36.7 Å². The van der Waals surface area contributed by atoms with Crippen molar-refractivity contribution in [3.63, 3.8) is 0 Å². The Kier molecular flexibility index (Phi) is 6.48. The Balaban J connectivity index is 1.63. The predicted molar refractivity (Wildman–Crippen MR) is 109 cm³/mol. The standard InChI is InChI=1S/C19H24N4O5S/c1-20-29(27,28)17-6-7-18(19(10-17)23(25)26)21-11-16(24)13-22-9-8-14-4-2-3-5-15(14)12-22/h2-7,10,16,20-21,24H,8-9,11-13H2,1H3. The Morgan fingerprint density at radius 1 is 1.24 bits per heavy atom. The minimum Gasteiger partial charge on any atom is -0.390 e. The SMILES string of the molecule is CNS(=O)(=O)c1ccc(NCC(O)CN2CCc3ccccc3C2)c([N+](=O)[O-])c1. The molecule has 0 saturated heterocycles. The molecule has 3 N–H and O–H groups in total. The predicted octanol–water partition coefficient (Wildman–Crippen LogP) is 1.33. The van der Waals surface area contributed by atoms with Crippen LogP contribution in [0.3, 0.4) is 0 Å². The summed E-state index contributed by atoms with van der Waals surface area (Å²) in [5, 5.41) is 24.6. The molecule has 2 aromatic rings. The molecule has 3 rings (SSSR count). The number of fused-ring (bicyclic) bond motifs is 1. The van der Waals surface area contributed by atoms with Crippen LogP contribution in [0, 0.1) is 10.1 Å². The van der Waals surface area contributed by atoms with Gasteiger partial charge in [-0.2, -0.15) is 0 Å². The van der Waals surface area contributed by atoms with Gasteiger partial charge in [0.25, 0.3) is 5.69 Å². The highest BCUT2D eigenvalue weighted by Gasteiger charge is 2.22. The summed E-state index contributed by atoms with van der Waals surface area (Å²) >= 11 is 0. The van der Waals surface area contributed by atoms with Gasteiger partial charge in [-0.1, -0.05) is 24.3 Å². The molecule has 0 saturated carbocycles. The Bertz CT molecular complexity index is 996. The molecule has 9 nitrogen and oxygen atoms in total. The van der Waals surface area contributed by atoms with Gasteiger partial charge in [-0.3, -0.25) is 15.0 Å². The molecular weight excluding hydrogens is 396 g/mol. The molecule has 1 atom stereocenters. The van der Waals surface area contributed by atoms with E-state index in [2.05, 4.69) is 27.1 Å². The summed E-state index contributed by atoms with van der Waals surface area (Å²) in [6.45, 7) is 2.13. The van der Waals surface area contributed by atoms with E-state index in [0.29, 0.717) is 6.54 Å². The zero-order chi connectivity index (χ0) is 21.0. The number of hydrogen-bond donors (Lipinski definition) is 3. The fourth-order valence-electron chi connectivity index (χ4n) is 3.40. The number of benzene rings is 2. The third-order valence-corrected chi connectivity index (χ3v) is 6.36. The highest BCUT2D eigenvalue weighted by molar-refractivity contribution is 7.89. The van der Waals surface area contributed by atoms with E-state index < -0.39 is 21.1 Å². The van der Waals surface area contributed by atoms with Crippen LogP contribution >= 0.6 is 0 Å². The molecule has 0 radical (unpaired) electrons. The number of sulfonamides is 1. The highest BCUT2D eigenvalue weighted by Crippen LogP contribution is 2.27. The maximum absolute atomic E-state index is 11.9. The van der Waals surface area contributed by atoms with Crippen LogP contribution < -0.4 is 10.0 Å². The average Bonchev–Trinajstić information content (AvgIpc) is 2.72. The summed E-state index contributed by atoms with van der Waals surface area (Å²) in [6.07, 6.45) is 0.184. The zero-order valence-corrected chi connectivity index (χ0v) is 16.9. The summed E-state index contributed by atoms with van der Waals surface area (Å²) in [4.78, 5) is 12.7. The lowest BCUT2D eigenvalue weighted by Gasteiger charge is -2.30. The van der Waals surface area contributed by atoms with Crippen molar-refractivity contribution in [1.82, 2.24) is 9.62 Å². The lowest BCUT2D eigenvalue weighted by Crippen LogP contribution is -2.39. The quantitative estimate of drug-likeness (QED) is 0.435. The molecule has 1 aliphatic heterocycles. The number of nitro groups is 1. The third kappa shape index (κ3) is 5.10. The monoisotopic (exact) mass is 420 g/mol. The maximum atomic E-state index is 11.9. The minimum absolute atomic E-state index is 0.108. The summed E-state index contributed by atoms with van der Waals surface area (Å²) in [7, 11) is -2.55. The molecule has 10 heteroatoms. The average molecular weight is 420 g/mol. The van der Waals surface area contributed by atoms with Crippen molar-refractivity contribution < 1.29 is 18.4 Å². The number of nitrogens with zero attached hydrogens (tertiary/aromatic N) is 2. The largest absolute Gasteiger partial charge is 0.390 e. The van der Waals surface area contributed by atoms with Crippen molar-refractivity contribution >= 4 is 21.4 Å². The van der Waals surface area contributed by atoms with Gasteiger partial charge < -0.3 is 10.4 Å². The molecule has 29 heavy (non-hydrogen) atoms. The fraction of sp³-hybridized carbons (Fsp3) is 0.368. The second kappa shape index (κ2) is 8.87. The summed E-state index contributed by atoms with van der Waals surface area (Å²) < 4.78 is 25.9. The van der Waals surface area contributed by atoms with E-state index in [1.165, 1.54) is 30.3 Å². The van der Waals surface area contributed by atoms with E-state index in [9.17, 15) is 23.6 Å². The minimum atomic E-state index is -3.78. The second-order valence-corrected chi connectivity index (χ2v) is 8.82. The van der Waals surface area contributed by atoms with E-state index in [0.717, 1.165) is 25.6 Å². The Morgan fingerprint density at radius 3 is 2.66 bits per heavy atom. The van der Waals surface area contributed by atoms with Crippen LogP contribution in [0.4, 0.5) is 11.4 Å². The van der Waals surface area contributed by atoms with Crippen molar-refractivity contribution in [1.29, 1.82) is 0 Å². The van der Waals surface area contributed by atoms with Crippen LogP contribution in [0.5, 0.6) is 0 Å². The number of nitrogens with one attached hydrogen (secondary N) is 2. The van der Waals surface area contributed by atoms with Crippen LogP contribution in [0.25, 0.3) is 0 Å². The second-order valence-electron chi connectivity index (χ2n) is 6.93. The number of nitro benzene ring substituents is 1. The summed E-state index contributed by atoms with van der Waals surface area (Å²) in [5.74, 6) is 0. The molecular formula is C19H24N4O5S. The van der Waals surface area contributed by atoms with Crippen molar-refractivity contribution in [3.8, 4) is 0 Å². The van der Waals surface area contributed by atoms with Gasteiger partial charge in [0.2, 0.25) is 10.0 Å². The molecule has 0 bridgehead atoms. The Morgan fingerprint density at radius 2 is 1.97 bits per heavy atom. The maximum Gasteiger partial charge on any atom is 0.293 e. The normalized spacial score (nSPS) is 15.5. The van der Waals surface area contributed by atoms with Gasteiger partial charge in [0.1, 0.15) is 5.69 Å². The molecule has 2 aromatic carbocycles. The zero-order valence-electron chi connectivity index (χ0n) is 16.0. The van der Waals surface area contributed by atoms with Crippen molar-refractivity contribution in [2.45, 2.75) is 24.0 Å². The molecule has 156 valence electrons. The lowest BCUT2D eigenvalue weighted by atomic mass is 10.00. The number of hydrogen-bond acceptors (Lipinski definition) is 7. The molecule has 0 spiro atoms. The first kappa shape index (κ1) is 21.2. The first-order valence-electron chi connectivity index (χ1n) is 9.23. The van der Waals surface area contributed by atoms with Gasteiger partial charge in [0.05, 0.1) is 15.9 Å². The summed E-state index contributed by atoms with van der Waals surface area (Å²) in [5.41, 5.74) is 2.37. The Hall–Kier alpha value is -2.53. The fourth-order valence-corrected chi connectivity index (χ4v) is 4.15. The van der Waals surface area contributed by atoms with Crippen LogP contribution in [0.15, 0.2) is 47.4 Å². The molecule has 1 aliphatic rings. The number of β-amino-alcohol motifs (C(OH)–C–C–N with tert-alkyl or cyclic N) is 1. The van der Waals surface area contributed by atoms with Gasteiger partial charge in [0.15, 0.2) is 0 Å². The van der Waals surface area contributed by atoms with Crippen molar-refractivity contribution in [2.24, 2.45) is 0 Å². The van der Waals surface area contributed by atoms with E-state index in [1.54, 1.807) is 0 Å². The number of rotatable bonds is 8. The van der Waals surface area contributed by atoms with E-state index in [1.807, 2.05) is 12.1 Å². The van der Waals surface area contributed by atoms with Gasteiger partial charge in [-0.25, -0.2) is 13.1 Å². The van der Waals surface area contributed by atoms with Gasteiger partial charge in [0, 0.05) is 32.2 Å². The molecule has 0 amide bonds. The topological polar surface area (TPSA) is 125 Å². The molecule has 0 aliphatic carbocycles.